The Balaban J connectivity index is 1.70. The van der Waals surface area contributed by atoms with E-state index in [1.807, 2.05) is 4.90 Å². The molecule has 2 aromatic carbocycles. The molecule has 1 aliphatic rings. The third-order valence-electron chi connectivity index (χ3n) is 3.92. The summed E-state index contributed by atoms with van der Waals surface area (Å²) >= 11 is 0. The first-order valence-corrected chi connectivity index (χ1v) is 7.33. The lowest BCUT2D eigenvalue weighted by Crippen LogP contribution is -2.51. The van der Waals surface area contributed by atoms with Crippen LogP contribution in [-0.2, 0) is 0 Å². The van der Waals surface area contributed by atoms with Crippen molar-refractivity contribution < 1.29 is 9.13 Å². The second kappa shape index (κ2) is 5.79. The van der Waals surface area contributed by atoms with Gasteiger partial charge < -0.3 is 14.5 Å². The van der Waals surface area contributed by atoms with Gasteiger partial charge in [-0.15, -0.1) is 0 Å². The third kappa shape index (κ3) is 2.45. The van der Waals surface area contributed by atoms with Crippen molar-refractivity contribution in [3.8, 4) is 5.75 Å². The average Bonchev–Trinajstić information content (AvgIpc) is 2.55. The molecule has 0 aliphatic carbocycles. The van der Waals surface area contributed by atoms with Crippen LogP contribution in [0.4, 0.5) is 15.8 Å². The van der Waals surface area contributed by atoms with Gasteiger partial charge in [0.2, 0.25) is 0 Å². The van der Waals surface area contributed by atoms with Crippen molar-refractivity contribution in [2.24, 2.45) is 0 Å². The fourth-order valence-corrected chi connectivity index (χ4v) is 2.76. The molecule has 0 aromatic heterocycles. The van der Waals surface area contributed by atoms with Crippen molar-refractivity contribution in [2.45, 2.75) is 6.92 Å². The van der Waals surface area contributed by atoms with Gasteiger partial charge in [0.25, 0.3) is 10.9 Å². The summed E-state index contributed by atoms with van der Waals surface area (Å²) in [5.41, 5.74) is 0.373. The van der Waals surface area contributed by atoms with Crippen LogP contribution in [-0.4, -0.2) is 32.8 Å². The number of rotatable bonds is 4. The minimum atomic E-state index is -0.530. The van der Waals surface area contributed by atoms with E-state index >= 15 is 0 Å². The first-order chi connectivity index (χ1) is 10.6. The van der Waals surface area contributed by atoms with Crippen LogP contribution < -0.4 is 25.4 Å². The fourth-order valence-electron chi connectivity index (χ4n) is 2.76. The molecule has 0 atom stereocenters. The molecule has 0 bridgehead atoms. The summed E-state index contributed by atoms with van der Waals surface area (Å²) in [6.07, 6.45) is 0. The SMILES string of the molecule is CCOc1c(N2CCN(c3ccc(F)cc3)CC2)c(=O)c1=O. The van der Waals surface area contributed by atoms with Crippen molar-refractivity contribution in [3.05, 3.63) is 50.5 Å². The highest BCUT2D eigenvalue weighted by atomic mass is 19.1. The molecule has 0 N–H and O–H groups in total. The molecule has 22 heavy (non-hydrogen) atoms. The van der Waals surface area contributed by atoms with Gasteiger partial charge in [-0.3, -0.25) is 9.59 Å². The first-order valence-electron chi connectivity index (χ1n) is 7.33. The van der Waals surface area contributed by atoms with Gasteiger partial charge in [-0.05, 0) is 31.2 Å². The molecule has 1 fully saturated rings. The Labute approximate surface area is 127 Å². The van der Waals surface area contributed by atoms with E-state index in [0.717, 1.165) is 5.69 Å². The molecule has 3 rings (SSSR count). The predicted molar refractivity (Wildman–Crippen MR) is 83.3 cm³/mol. The van der Waals surface area contributed by atoms with Gasteiger partial charge in [0.15, 0.2) is 5.75 Å². The zero-order valence-corrected chi connectivity index (χ0v) is 12.3. The van der Waals surface area contributed by atoms with E-state index in [2.05, 4.69) is 4.90 Å². The number of piperazine rings is 1. The van der Waals surface area contributed by atoms with E-state index in [-0.39, 0.29) is 11.6 Å². The molecule has 1 aliphatic heterocycles. The number of ether oxygens (including phenoxy) is 1. The number of anilines is 2. The highest BCUT2D eigenvalue weighted by molar-refractivity contribution is 5.64. The Morgan fingerprint density at radius 2 is 1.59 bits per heavy atom. The molecule has 5 nitrogen and oxygen atoms in total. The third-order valence-corrected chi connectivity index (χ3v) is 3.92. The van der Waals surface area contributed by atoms with Crippen molar-refractivity contribution in [1.29, 1.82) is 0 Å². The van der Waals surface area contributed by atoms with E-state index < -0.39 is 10.9 Å². The summed E-state index contributed by atoms with van der Waals surface area (Å²) in [6.45, 7) is 4.82. The Hall–Kier alpha value is -2.37. The zero-order valence-electron chi connectivity index (χ0n) is 12.3. The lowest BCUT2D eigenvalue weighted by Gasteiger charge is -2.37. The van der Waals surface area contributed by atoms with Crippen LogP contribution in [0, 0.1) is 5.82 Å². The molecule has 1 saturated heterocycles. The molecule has 0 amide bonds. The Bertz CT molecular complexity index is 727. The van der Waals surface area contributed by atoms with E-state index in [4.69, 9.17) is 4.74 Å². The summed E-state index contributed by atoms with van der Waals surface area (Å²) in [5.74, 6) is -0.0600. The van der Waals surface area contributed by atoms with E-state index in [1.54, 1.807) is 19.1 Å². The number of halogens is 1. The van der Waals surface area contributed by atoms with Crippen molar-refractivity contribution in [2.75, 3.05) is 42.6 Å². The summed E-state index contributed by atoms with van der Waals surface area (Å²) in [6, 6.07) is 6.36. The number of nitrogens with zero attached hydrogens (tertiary/aromatic N) is 2. The molecule has 116 valence electrons. The van der Waals surface area contributed by atoms with Crippen LogP contribution in [0.25, 0.3) is 0 Å². The highest BCUT2D eigenvalue weighted by Gasteiger charge is 2.29. The summed E-state index contributed by atoms with van der Waals surface area (Å²) in [5, 5.41) is 0. The van der Waals surface area contributed by atoms with Gasteiger partial charge in [-0.2, -0.15) is 0 Å². The molecule has 0 unspecified atom stereocenters. The van der Waals surface area contributed by atoms with Crippen molar-refractivity contribution >= 4 is 11.4 Å². The van der Waals surface area contributed by atoms with Crippen LogP contribution in [0.1, 0.15) is 6.92 Å². The maximum Gasteiger partial charge on any atom is 0.272 e. The summed E-state index contributed by atoms with van der Waals surface area (Å²) < 4.78 is 18.2. The van der Waals surface area contributed by atoms with Gasteiger partial charge in [-0.1, -0.05) is 0 Å². The fraction of sp³-hybridized carbons (Fsp3) is 0.375. The first kappa shape index (κ1) is 14.6. The Kier molecular flexibility index (Phi) is 3.83. The molecule has 2 aromatic rings. The molecular formula is C16H17FN2O3. The van der Waals surface area contributed by atoms with Gasteiger partial charge >= 0.3 is 0 Å². The lowest BCUT2D eigenvalue weighted by atomic mass is 10.1. The van der Waals surface area contributed by atoms with Crippen LogP contribution in [0.3, 0.4) is 0 Å². The summed E-state index contributed by atoms with van der Waals surface area (Å²) in [7, 11) is 0. The van der Waals surface area contributed by atoms with Crippen LogP contribution in [0.2, 0.25) is 0 Å². The number of hydrogen-bond donors (Lipinski definition) is 0. The molecule has 1 heterocycles. The van der Waals surface area contributed by atoms with E-state index in [9.17, 15) is 14.0 Å². The summed E-state index contributed by atoms with van der Waals surface area (Å²) in [4.78, 5) is 27.3. The topological polar surface area (TPSA) is 49.9 Å². The molecule has 0 spiro atoms. The normalized spacial score (nSPS) is 15.4. The molecule has 6 heteroatoms. The molecule has 0 radical (unpaired) electrons. The van der Waals surface area contributed by atoms with Gasteiger partial charge in [0.1, 0.15) is 11.5 Å². The number of hydrogen-bond acceptors (Lipinski definition) is 5. The van der Waals surface area contributed by atoms with Gasteiger partial charge in [-0.25, -0.2) is 4.39 Å². The highest BCUT2D eigenvalue weighted by Crippen LogP contribution is 2.25. The maximum atomic E-state index is 13.0. The largest absolute Gasteiger partial charge is 0.488 e. The van der Waals surface area contributed by atoms with Crippen LogP contribution >= 0.6 is 0 Å². The monoisotopic (exact) mass is 304 g/mol. The van der Waals surface area contributed by atoms with Gasteiger partial charge in [0.05, 0.1) is 6.61 Å². The second-order valence-corrected chi connectivity index (χ2v) is 5.22. The molecule has 0 saturated carbocycles. The van der Waals surface area contributed by atoms with E-state index in [1.165, 1.54) is 12.1 Å². The second-order valence-electron chi connectivity index (χ2n) is 5.22. The average molecular weight is 304 g/mol. The zero-order chi connectivity index (χ0) is 15.7. The lowest BCUT2D eigenvalue weighted by molar-refractivity contribution is 0.332. The molecular weight excluding hydrogens is 287 g/mol. The Morgan fingerprint density at radius 1 is 1.00 bits per heavy atom. The standard InChI is InChI=1S/C16H17FN2O3/c1-2-22-16-13(14(20)15(16)21)19-9-7-18(8-10-19)12-5-3-11(17)4-6-12/h3-6H,2,7-10H2,1H3. The van der Waals surface area contributed by atoms with Crippen LogP contribution in [0.15, 0.2) is 33.9 Å². The quantitative estimate of drug-likeness (QED) is 0.793. The predicted octanol–water partition coefficient (Wildman–Crippen LogP) is 1.15. The number of benzene rings is 1. The smallest absolute Gasteiger partial charge is 0.272 e. The van der Waals surface area contributed by atoms with Crippen LogP contribution in [0.5, 0.6) is 5.75 Å². The van der Waals surface area contributed by atoms with Crippen molar-refractivity contribution in [3.63, 3.8) is 0 Å². The maximum absolute atomic E-state index is 13.0. The van der Waals surface area contributed by atoms with Crippen molar-refractivity contribution in [1.82, 2.24) is 0 Å². The minimum absolute atomic E-state index is 0.197. The Morgan fingerprint density at radius 3 is 2.18 bits per heavy atom. The minimum Gasteiger partial charge on any atom is -0.488 e. The van der Waals surface area contributed by atoms with Gasteiger partial charge in [0, 0.05) is 31.9 Å². The van der Waals surface area contributed by atoms with E-state index in [0.29, 0.717) is 38.5 Å².